The van der Waals surface area contributed by atoms with E-state index in [1.165, 1.54) is 6.07 Å². The Balaban J connectivity index is 0.000000980. The number of phenolic OH excluding ortho intramolecular Hbond substituents is 1. The molecule has 1 aliphatic rings. The molecule has 14 heavy (non-hydrogen) atoms. The average Bonchev–Trinajstić information content (AvgIpc) is 2.85. The average molecular weight is 218 g/mol. The zero-order valence-electron chi connectivity index (χ0n) is 7.61. The van der Waals surface area contributed by atoms with E-state index in [0.717, 1.165) is 18.9 Å². The fourth-order valence-electron chi connectivity index (χ4n) is 1.50. The van der Waals surface area contributed by atoms with Gasteiger partial charge in [0.1, 0.15) is 11.6 Å². The molecule has 2 rings (SSSR count). The molecule has 0 unspecified atom stereocenters. The van der Waals surface area contributed by atoms with Gasteiger partial charge in [-0.3, -0.25) is 0 Å². The summed E-state index contributed by atoms with van der Waals surface area (Å²) >= 11 is 0. The van der Waals surface area contributed by atoms with E-state index in [-0.39, 0.29) is 24.2 Å². The Morgan fingerprint density at radius 1 is 1.43 bits per heavy atom. The largest absolute Gasteiger partial charge is 0.508 e. The normalized spacial score (nSPS) is 17.3. The first-order valence-corrected chi connectivity index (χ1v) is 4.42. The number of benzene rings is 1. The lowest BCUT2D eigenvalue weighted by atomic mass is 10.0. The third kappa shape index (κ3) is 2.16. The maximum absolute atomic E-state index is 13.2. The zero-order valence-corrected chi connectivity index (χ0v) is 8.43. The van der Waals surface area contributed by atoms with Crippen molar-refractivity contribution < 1.29 is 9.50 Å². The Kier molecular flexibility index (Phi) is 3.34. The highest BCUT2D eigenvalue weighted by molar-refractivity contribution is 5.85. The maximum Gasteiger partial charge on any atom is 0.131 e. The Hall–Kier alpha value is -0.800. The van der Waals surface area contributed by atoms with Gasteiger partial charge in [-0.2, -0.15) is 0 Å². The van der Waals surface area contributed by atoms with E-state index in [1.807, 2.05) is 0 Å². The number of nitrogens with two attached hydrogens (primary N) is 1. The third-order valence-electron chi connectivity index (χ3n) is 2.47. The van der Waals surface area contributed by atoms with Crippen molar-refractivity contribution in [2.75, 3.05) is 0 Å². The lowest BCUT2D eigenvalue weighted by Crippen LogP contribution is -2.13. The minimum absolute atomic E-state index is 0. The van der Waals surface area contributed by atoms with Gasteiger partial charge in [0.15, 0.2) is 0 Å². The standard InChI is InChI=1S/C10H12FNO.ClH/c11-9-5-7(13)3-4-8(9)10(12)6-1-2-6;/h3-6,10,13H,1-2,12H2;1H/t10-;/m1./s1. The van der Waals surface area contributed by atoms with Gasteiger partial charge in [-0.15, -0.1) is 12.4 Å². The minimum Gasteiger partial charge on any atom is -0.508 e. The summed E-state index contributed by atoms with van der Waals surface area (Å²) in [5.74, 6) is -0.0253. The van der Waals surface area contributed by atoms with Crippen LogP contribution in [0.5, 0.6) is 5.75 Å². The number of phenols is 1. The van der Waals surface area contributed by atoms with Crippen LogP contribution in [0.1, 0.15) is 24.4 Å². The van der Waals surface area contributed by atoms with Crippen LogP contribution in [-0.2, 0) is 0 Å². The van der Waals surface area contributed by atoms with Crippen LogP contribution in [-0.4, -0.2) is 5.11 Å². The smallest absolute Gasteiger partial charge is 0.131 e. The van der Waals surface area contributed by atoms with Gasteiger partial charge in [0.25, 0.3) is 0 Å². The number of hydrogen-bond donors (Lipinski definition) is 2. The Morgan fingerprint density at radius 3 is 2.57 bits per heavy atom. The summed E-state index contributed by atoms with van der Waals surface area (Å²) in [4.78, 5) is 0. The first-order valence-electron chi connectivity index (χ1n) is 4.42. The van der Waals surface area contributed by atoms with Crippen molar-refractivity contribution in [1.82, 2.24) is 0 Å². The predicted molar refractivity (Wildman–Crippen MR) is 55.0 cm³/mol. The van der Waals surface area contributed by atoms with Gasteiger partial charge < -0.3 is 10.8 Å². The summed E-state index contributed by atoms with van der Waals surface area (Å²) in [5, 5.41) is 8.99. The molecular formula is C10H13ClFNO. The van der Waals surface area contributed by atoms with E-state index < -0.39 is 5.82 Å². The molecule has 1 aromatic rings. The van der Waals surface area contributed by atoms with Crippen LogP contribution in [0.4, 0.5) is 4.39 Å². The van der Waals surface area contributed by atoms with Gasteiger partial charge in [0.05, 0.1) is 0 Å². The van der Waals surface area contributed by atoms with E-state index in [2.05, 4.69) is 0 Å². The molecule has 3 N–H and O–H groups in total. The highest BCUT2D eigenvalue weighted by Crippen LogP contribution is 2.40. The molecular weight excluding hydrogens is 205 g/mol. The van der Waals surface area contributed by atoms with Crippen LogP contribution < -0.4 is 5.73 Å². The molecule has 0 spiro atoms. The molecule has 2 nitrogen and oxygen atoms in total. The summed E-state index contributed by atoms with van der Waals surface area (Å²) in [7, 11) is 0. The molecule has 0 saturated heterocycles. The van der Waals surface area contributed by atoms with Gasteiger partial charge in [-0.25, -0.2) is 4.39 Å². The molecule has 0 aromatic heterocycles. The van der Waals surface area contributed by atoms with E-state index in [9.17, 15) is 4.39 Å². The summed E-state index contributed by atoms with van der Waals surface area (Å²) < 4.78 is 13.2. The van der Waals surface area contributed by atoms with Crippen molar-refractivity contribution in [3.8, 4) is 5.75 Å². The summed E-state index contributed by atoms with van der Waals surface area (Å²) in [5.41, 5.74) is 6.34. The van der Waals surface area contributed by atoms with Gasteiger partial charge in [-0.1, -0.05) is 6.07 Å². The lowest BCUT2D eigenvalue weighted by molar-refractivity contribution is 0.465. The van der Waals surface area contributed by atoms with Crippen molar-refractivity contribution >= 4 is 12.4 Å². The number of hydrogen-bond acceptors (Lipinski definition) is 2. The van der Waals surface area contributed by atoms with Crippen molar-refractivity contribution in [3.05, 3.63) is 29.6 Å². The molecule has 0 amide bonds. The molecule has 0 radical (unpaired) electrons. The highest BCUT2D eigenvalue weighted by atomic mass is 35.5. The first kappa shape index (κ1) is 11.3. The van der Waals surface area contributed by atoms with E-state index in [0.29, 0.717) is 11.5 Å². The first-order chi connectivity index (χ1) is 6.18. The molecule has 0 aliphatic heterocycles. The molecule has 1 aromatic carbocycles. The second-order valence-corrected chi connectivity index (χ2v) is 3.57. The number of halogens is 2. The van der Waals surface area contributed by atoms with Crippen LogP contribution in [0.2, 0.25) is 0 Å². The molecule has 78 valence electrons. The highest BCUT2D eigenvalue weighted by Gasteiger charge is 2.30. The Morgan fingerprint density at radius 2 is 2.07 bits per heavy atom. The summed E-state index contributed by atoms with van der Waals surface area (Å²) in [6.07, 6.45) is 2.17. The topological polar surface area (TPSA) is 46.2 Å². The van der Waals surface area contributed by atoms with E-state index >= 15 is 0 Å². The van der Waals surface area contributed by atoms with E-state index in [1.54, 1.807) is 6.07 Å². The van der Waals surface area contributed by atoms with Crippen molar-refractivity contribution in [2.45, 2.75) is 18.9 Å². The molecule has 0 heterocycles. The number of aromatic hydroxyl groups is 1. The zero-order chi connectivity index (χ0) is 9.42. The van der Waals surface area contributed by atoms with Crippen LogP contribution in [0.15, 0.2) is 18.2 Å². The minimum atomic E-state index is -0.403. The van der Waals surface area contributed by atoms with Crippen molar-refractivity contribution in [1.29, 1.82) is 0 Å². The Labute approximate surface area is 88.3 Å². The van der Waals surface area contributed by atoms with Crippen LogP contribution >= 0.6 is 12.4 Å². The molecule has 1 aliphatic carbocycles. The molecule has 1 fully saturated rings. The second-order valence-electron chi connectivity index (χ2n) is 3.57. The molecule has 4 heteroatoms. The fourth-order valence-corrected chi connectivity index (χ4v) is 1.50. The third-order valence-corrected chi connectivity index (χ3v) is 2.47. The Bertz CT molecular complexity index is 328. The molecule has 0 bridgehead atoms. The van der Waals surface area contributed by atoms with Crippen molar-refractivity contribution in [3.63, 3.8) is 0 Å². The molecule has 1 saturated carbocycles. The SMILES string of the molecule is Cl.N[C@@H](c1ccc(O)cc1F)C1CC1. The van der Waals surface area contributed by atoms with Gasteiger partial charge in [0.2, 0.25) is 0 Å². The predicted octanol–water partition coefficient (Wildman–Crippen LogP) is 2.36. The quantitative estimate of drug-likeness (QED) is 0.799. The van der Waals surface area contributed by atoms with Gasteiger partial charge in [0, 0.05) is 17.7 Å². The second kappa shape index (κ2) is 4.15. The van der Waals surface area contributed by atoms with Crippen LogP contribution in [0, 0.1) is 11.7 Å². The van der Waals surface area contributed by atoms with E-state index in [4.69, 9.17) is 10.8 Å². The molecule has 1 atom stereocenters. The van der Waals surface area contributed by atoms with Crippen molar-refractivity contribution in [2.24, 2.45) is 11.7 Å². The lowest BCUT2D eigenvalue weighted by Gasteiger charge is -2.11. The summed E-state index contributed by atoms with van der Waals surface area (Å²) in [6, 6.07) is 3.94. The van der Waals surface area contributed by atoms with Crippen LogP contribution in [0.25, 0.3) is 0 Å². The maximum atomic E-state index is 13.2. The van der Waals surface area contributed by atoms with Crippen LogP contribution in [0.3, 0.4) is 0 Å². The fraction of sp³-hybridized carbons (Fsp3) is 0.400. The number of rotatable bonds is 2. The van der Waals surface area contributed by atoms with Gasteiger partial charge >= 0.3 is 0 Å². The summed E-state index contributed by atoms with van der Waals surface area (Å²) in [6.45, 7) is 0. The monoisotopic (exact) mass is 217 g/mol. The van der Waals surface area contributed by atoms with Gasteiger partial charge in [-0.05, 0) is 24.8 Å².